The molecule has 0 spiro atoms. The average molecular weight is 384 g/mol. The van der Waals surface area contributed by atoms with Crippen molar-refractivity contribution in [3.05, 3.63) is 29.6 Å². The smallest absolute Gasteiger partial charge is 0.243 e. The topological polar surface area (TPSA) is 66.9 Å². The van der Waals surface area contributed by atoms with Crippen LogP contribution in [0.25, 0.3) is 0 Å². The van der Waals surface area contributed by atoms with Crippen LogP contribution in [0.3, 0.4) is 0 Å². The van der Waals surface area contributed by atoms with Crippen molar-refractivity contribution in [3.8, 4) is 0 Å². The Bertz CT molecular complexity index is 813. The van der Waals surface area contributed by atoms with Gasteiger partial charge in [0.1, 0.15) is 5.82 Å². The van der Waals surface area contributed by atoms with Crippen LogP contribution < -0.4 is 0 Å². The lowest BCUT2D eigenvalue weighted by Crippen LogP contribution is -2.50. The number of likely N-dealkylation sites (tertiary alicyclic amines) is 1. The van der Waals surface area contributed by atoms with Crippen LogP contribution in [0.2, 0.25) is 0 Å². The fourth-order valence-corrected chi connectivity index (χ4v) is 5.62. The van der Waals surface area contributed by atoms with Gasteiger partial charge in [-0.3, -0.25) is 4.79 Å². The number of hydrogen-bond acceptors (Lipinski definition) is 4. The molecule has 2 saturated heterocycles. The van der Waals surface area contributed by atoms with E-state index in [1.54, 1.807) is 18.9 Å². The van der Waals surface area contributed by atoms with Crippen molar-refractivity contribution in [3.63, 3.8) is 0 Å². The molecule has 0 radical (unpaired) electrons. The van der Waals surface area contributed by atoms with Gasteiger partial charge in [0.05, 0.1) is 11.5 Å². The number of nitrogens with zero attached hydrogens (tertiary/aromatic N) is 2. The number of carbonyl (C=O) groups excluding carboxylic acids is 1. The predicted octanol–water partition coefficient (Wildman–Crippen LogP) is 1.64. The third-order valence-corrected chi connectivity index (χ3v) is 7.62. The zero-order chi connectivity index (χ0) is 19.1. The lowest BCUT2D eigenvalue weighted by Gasteiger charge is -2.42. The molecule has 144 valence electrons. The van der Waals surface area contributed by atoms with E-state index in [0.29, 0.717) is 44.8 Å². The van der Waals surface area contributed by atoms with Gasteiger partial charge < -0.3 is 9.64 Å². The second-order valence-electron chi connectivity index (χ2n) is 7.42. The Morgan fingerprint density at radius 2 is 2.12 bits per heavy atom. The molecule has 2 aliphatic rings. The van der Waals surface area contributed by atoms with Crippen molar-refractivity contribution < 1.29 is 22.3 Å². The fraction of sp³-hybridized carbons (Fsp3) is 0.611. The molecule has 6 nitrogen and oxygen atoms in total. The number of aryl methyl sites for hydroxylation is 1. The van der Waals surface area contributed by atoms with E-state index in [4.69, 9.17) is 4.74 Å². The molecule has 2 fully saturated rings. The highest BCUT2D eigenvalue weighted by Crippen LogP contribution is 2.44. The SMILES string of the molecule is COC[C@@]12CCN(S(=O)(=O)c3ccc(C)c(F)c3)C[C@@H]1CN(C(C)=O)C2. The molecule has 0 aliphatic carbocycles. The number of amides is 1. The number of hydrogen-bond donors (Lipinski definition) is 0. The maximum atomic E-state index is 13.8. The van der Waals surface area contributed by atoms with Crippen molar-refractivity contribution >= 4 is 15.9 Å². The Balaban J connectivity index is 1.86. The predicted molar refractivity (Wildman–Crippen MR) is 94.6 cm³/mol. The van der Waals surface area contributed by atoms with E-state index in [0.717, 1.165) is 6.07 Å². The van der Waals surface area contributed by atoms with Crippen LogP contribution in [0, 0.1) is 24.1 Å². The summed E-state index contributed by atoms with van der Waals surface area (Å²) in [6.07, 6.45) is 0.614. The highest BCUT2D eigenvalue weighted by molar-refractivity contribution is 7.89. The number of methoxy groups -OCH3 is 1. The summed E-state index contributed by atoms with van der Waals surface area (Å²) in [4.78, 5) is 13.6. The summed E-state index contributed by atoms with van der Waals surface area (Å²) in [5.41, 5.74) is 0.194. The molecule has 2 heterocycles. The third-order valence-electron chi connectivity index (χ3n) is 5.75. The molecule has 26 heavy (non-hydrogen) atoms. The van der Waals surface area contributed by atoms with E-state index in [1.165, 1.54) is 23.4 Å². The van der Waals surface area contributed by atoms with Crippen LogP contribution in [0.15, 0.2) is 23.1 Å². The van der Waals surface area contributed by atoms with Crippen LogP contribution in [-0.2, 0) is 19.6 Å². The number of sulfonamides is 1. The lowest BCUT2D eigenvalue weighted by atomic mass is 9.74. The quantitative estimate of drug-likeness (QED) is 0.792. The van der Waals surface area contributed by atoms with Crippen molar-refractivity contribution in [2.75, 3.05) is 39.9 Å². The second-order valence-corrected chi connectivity index (χ2v) is 9.35. The summed E-state index contributed by atoms with van der Waals surface area (Å²) in [6, 6.07) is 4.01. The summed E-state index contributed by atoms with van der Waals surface area (Å²) >= 11 is 0. The summed E-state index contributed by atoms with van der Waals surface area (Å²) in [5, 5.41) is 0. The zero-order valence-electron chi connectivity index (χ0n) is 15.4. The number of ether oxygens (including phenoxy) is 1. The van der Waals surface area contributed by atoms with E-state index >= 15 is 0 Å². The molecule has 1 aromatic carbocycles. The molecule has 0 aromatic heterocycles. The van der Waals surface area contributed by atoms with Gasteiger partial charge in [0.15, 0.2) is 0 Å². The number of fused-ring (bicyclic) bond motifs is 1. The van der Waals surface area contributed by atoms with Crippen LogP contribution in [0.4, 0.5) is 4.39 Å². The molecule has 0 unspecified atom stereocenters. The molecule has 3 rings (SSSR count). The summed E-state index contributed by atoms with van der Waals surface area (Å²) in [7, 11) is -2.14. The maximum Gasteiger partial charge on any atom is 0.243 e. The lowest BCUT2D eigenvalue weighted by molar-refractivity contribution is -0.128. The van der Waals surface area contributed by atoms with Crippen molar-refractivity contribution in [1.29, 1.82) is 0 Å². The second kappa shape index (κ2) is 6.90. The van der Waals surface area contributed by atoms with Gasteiger partial charge in [-0.1, -0.05) is 6.07 Å². The average Bonchev–Trinajstić information content (AvgIpc) is 2.96. The molecule has 0 N–H and O–H groups in total. The first kappa shape index (κ1) is 19.3. The van der Waals surface area contributed by atoms with Gasteiger partial charge in [-0.25, -0.2) is 12.8 Å². The number of halogens is 1. The minimum atomic E-state index is -3.77. The van der Waals surface area contributed by atoms with Crippen LogP contribution in [0.1, 0.15) is 18.9 Å². The number of piperidine rings is 1. The van der Waals surface area contributed by atoms with Crippen LogP contribution in [0.5, 0.6) is 0 Å². The van der Waals surface area contributed by atoms with Crippen molar-refractivity contribution in [2.45, 2.75) is 25.2 Å². The third kappa shape index (κ3) is 3.25. The highest BCUT2D eigenvalue weighted by Gasteiger charge is 2.51. The Morgan fingerprint density at radius 3 is 2.73 bits per heavy atom. The molecule has 8 heteroatoms. The van der Waals surface area contributed by atoms with E-state index in [-0.39, 0.29) is 22.1 Å². The highest BCUT2D eigenvalue weighted by atomic mass is 32.2. The molecule has 0 saturated carbocycles. The maximum absolute atomic E-state index is 13.8. The Labute approximate surface area is 154 Å². The van der Waals surface area contributed by atoms with Gasteiger partial charge in [0.2, 0.25) is 15.9 Å². The summed E-state index contributed by atoms with van der Waals surface area (Å²) < 4.78 is 46.6. The van der Waals surface area contributed by atoms with E-state index < -0.39 is 15.8 Å². The minimum Gasteiger partial charge on any atom is -0.384 e. The number of carbonyl (C=O) groups is 1. The largest absolute Gasteiger partial charge is 0.384 e. The fourth-order valence-electron chi connectivity index (χ4n) is 4.12. The molecule has 1 amide bonds. The molecule has 0 bridgehead atoms. The molecule has 1 aromatic rings. The first-order valence-corrected chi connectivity index (χ1v) is 10.1. The Hall–Kier alpha value is -1.51. The molecule has 2 atom stereocenters. The Morgan fingerprint density at radius 1 is 1.38 bits per heavy atom. The molecular formula is C18H25FN2O4S. The number of benzene rings is 1. The molecular weight excluding hydrogens is 359 g/mol. The normalized spacial score (nSPS) is 26.8. The monoisotopic (exact) mass is 384 g/mol. The summed E-state index contributed by atoms with van der Waals surface area (Å²) in [5.74, 6) is -0.532. The van der Waals surface area contributed by atoms with Crippen molar-refractivity contribution in [2.24, 2.45) is 11.3 Å². The zero-order valence-corrected chi connectivity index (χ0v) is 16.2. The van der Waals surface area contributed by atoms with Gasteiger partial charge in [0, 0.05) is 45.6 Å². The Kier molecular flexibility index (Phi) is 5.11. The van der Waals surface area contributed by atoms with E-state index in [9.17, 15) is 17.6 Å². The number of rotatable bonds is 4. The first-order valence-electron chi connectivity index (χ1n) is 8.70. The van der Waals surface area contributed by atoms with E-state index in [1.807, 2.05) is 0 Å². The van der Waals surface area contributed by atoms with Crippen LogP contribution >= 0.6 is 0 Å². The van der Waals surface area contributed by atoms with Gasteiger partial charge >= 0.3 is 0 Å². The van der Waals surface area contributed by atoms with Gasteiger partial charge in [0.25, 0.3) is 0 Å². The van der Waals surface area contributed by atoms with Gasteiger partial charge in [-0.2, -0.15) is 4.31 Å². The first-order chi connectivity index (χ1) is 12.2. The van der Waals surface area contributed by atoms with Gasteiger partial charge in [-0.05, 0) is 37.0 Å². The minimum absolute atomic E-state index is 0.00479. The van der Waals surface area contributed by atoms with Crippen molar-refractivity contribution in [1.82, 2.24) is 9.21 Å². The molecule has 2 aliphatic heterocycles. The van der Waals surface area contributed by atoms with Gasteiger partial charge in [-0.15, -0.1) is 0 Å². The summed E-state index contributed by atoms with van der Waals surface area (Å²) in [6.45, 7) is 5.38. The van der Waals surface area contributed by atoms with Crippen LogP contribution in [-0.4, -0.2) is 63.4 Å². The standard InChI is InChI=1S/C18H25FN2O4S/c1-13-4-5-16(8-17(13)19)26(23,24)21-7-6-18(12-25-3)11-20(14(2)22)9-15(18)10-21/h4-5,8,15H,6-7,9-12H2,1-3H3/t15-,18-/m0/s1. The van der Waals surface area contributed by atoms with E-state index in [2.05, 4.69) is 0 Å².